The molecule has 5 nitrogen and oxygen atoms in total. The third kappa shape index (κ3) is 3.75. The number of halogens is 1. The maximum atomic E-state index is 12.1. The highest BCUT2D eigenvalue weighted by Gasteiger charge is 2.48. The van der Waals surface area contributed by atoms with Gasteiger partial charge in [-0.3, -0.25) is 0 Å². The molecule has 0 spiro atoms. The molecule has 2 rings (SSSR count). The van der Waals surface area contributed by atoms with Crippen LogP contribution in [0.2, 0.25) is 0 Å². The molecule has 3 N–H and O–H groups in total. The lowest BCUT2D eigenvalue weighted by atomic mass is 9.96. The quantitative estimate of drug-likeness (QED) is 0.760. The second kappa shape index (κ2) is 6.05. The van der Waals surface area contributed by atoms with Gasteiger partial charge in [0.25, 0.3) is 0 Å². The molecule has 0 radical (unpaired) electrons. The molecule has 0 aromatic heterocycles. The number of aliphatic carboxylic acids is 1. The van der Waals surface area contributed by atoms with Crippen molar-refractivity contribution >= 4 is 27.9 Å². The fourth-order valence-electron chi connectivity index (χ4n) is 2.32. The number of rotatable bonds is 5. The minimum atomic E-state index is -1.19. The molecule has 2 amide bonds. The molecule has 2 unspecified atom stereocenters. The number of urea groups is 1. The molecule has 1 aromatic carbocycles. The van der Waals surface area contributed by atoms with E-state index in [0.717, 1.165) is 22.9 Å². The largest absolute Gasteiger partial charge is 0.480 e. The molecule has 21 heavy (non-hydrogen) atoms. The van der Waals surface area contributed by atoms with Crippen LogP contribution in [-0.2, 0) is 4.79 Å². The van der Waals surface area contributed by atoms with Gasteiger partial charge < -0.3 is 15.7 Å². The highest BCUT2D eigenvalue weighted by Crippen LogP contribution is 2.39. The van der Waals surface area contributed by atoms with E-state index >= 15 is 0 Å². The molecular formula is C15H19BrN2O3. The Bertz CT molecular complexity index is 560. The van der Waals surface area contributed by atoms with E-state index in [1.807, 2.05) is 31.2 Å². The number of benzene rings is 1. The van der Waals surface area contributed by atoms with Gasteiger partial charge in [0.1, 0.15) is 5.54 Å². The summed E-state index contributed by atoms with van der Waals surface area (Å²) < 4.78 is 0.933. The normalized spacial score (nSPS) is 18.4. The van der Waals surface area contributed by atoms with Crippen LogP contribution in [0.4, 0.5) is 4.79 Å². The molecule has 1 fully saturated rings. The molecule has 0 bridgehead atoms. The highest BCUT2D eigenvalue weighted by atomic mass is 79.9. The third-order valence-corrected chi connectivity index (χ3v) is 4.40. The smallest absolute Gasteiger partial charge is 0.329 e. The summed E-state index contributed by atoms with van der Waals surface area (Å²) in [4.78, 5) is 23.5. The summed E-state index contributed by atoms with van der Waals surface area (Å²) >= 11 is 3.39. The fraction of sp³-hybridized carbons (Fsp3) is 0.467. The van der Waals surface area contributed by atoms with E-state index in [1.54, 1.807) is 6.92 Å². The first-order valence-electron chi connectivity index (χ1n) is 6.90. The van der Waals surface area contributed by atoms with Crippen LogP contribution in [0.1, 0.15) is 38.3 Å². The van der Waals surface area contributed by atoms with E-state index in [-0.39, 0.29) is 12.0 Å². The molecule has 1 saturated carbocycles. The summed E-state index contributed by atoms with van der Waals surface area (Å²) in [7, 11) is 0. The second-order valence-electron chi connectivity index (χ2n) is 5.66. The number of amides is 2. The van der Waals surface area contributed by atoms with Gasteiger partial charge in [0, 0.05) is 4.47 Å². The maximum Gasteiger partial charge on any atom is 0.329 e. The summed E-state index contributed by atoms with van der Waals surface area (Å²) in [5.74, 6) is -0.975. The zero-order chi connectivity index (χ0) is 15.6. The van der Waals surface area contributed by atoms with Crippen molar-refractivity contribution in [2.24, 2.45) is 5.92 Å². The zero-order valence-corrected chi connectivity index (χ0v) is 13.6. The molecule has 1 aliphatic rings. The van der Waals surface area contributed by atoms with Gasteiger partial charge in [-0.1, -0.05) is 28.1 Å². The first kappa shape index (κ1) is 15.8. The number of carboxylic acid groups (broad SMARTS) is 1. The minimum absolute atomic E-state index is 0.0157. The zero-order valence-electron chi connectivity index (χ0n) is 12.0. The number of nitrogens with one attached hydrogen (secondary N) is 2. The molecule has 114 valence electrons. The summed E-state index contributed by atoms with van der Waals surface area (Å²) in [6.45, 7) is 3.42. The molecule has 1 aliphatic carbocycles. The number of hydrogen-bond acceptors (Lipinski definition) is 2. The number of carboxylic acids is 1. The van der Waals surface area contributed by atoms with Crippen LogP contribution in [0.15, 0.2) is 28.7 Å². The van der Waals surface area contributed by atoms with Crippen molar-refractivity contribution in [2.45, 2.75) is 38.3 Å². The molecular weight excluding hydrogens is 336 g/mol. The van der Waals surface area contributed by atoms with Crippen molar-refractivity contribution in [3.8, 4) is 0 Å². The Morgan fingerprint density at radius 2 is 2.10 bits per heavy atom. The number of carbonyl (C=O) groups excluding carboxylic acids is 1. The molecule has 6 heteroatoms. The second-order valence-corrected chi connectivity index (χ2v) is 6.57. The third-order valence-electron chi connectivity index (χ3n) is 3.91. The van der Waals surface area contributed by atoms with Crippen molar-refractivity contribution in [3.05, 3.63) is 34.3 Å². The lowest BCUT2D eigenvalue weighted by Gasteiger charge is -2.27. The Kier molecular flexibility index (Phi) is 4.56. The Hall–Kier alpha value is -1.56. The Labute approximate surface area is 132 Å². The summed E-state index contributed by atoms with van der Waals surface area (Å²) in [5, 5.41) is 14.7. The van der Waals surface area contributed by atoms with Crippen LogP contribution in [0, 0.1) is 5.92 Å². The van der Waals surface area contributed by atoms with E-state index in [1.165, 1.54) is 0 Å². The van der Waals surface area contributed by atoms with Crippen LogP contribution < -0.4 is 10.6 Å². The molecule has 2 atom stereocenters. The fourth-order valence-corrected chi connectivity index (χ4v) is 2.74. The van der Waals surface area contributed by atoms with Crippen LogP contribution in [0.5, 0.6) is 0 Å². The summed E-state index contributed by atoms with van der Waals surface area (Å²) in [5.41, 5.74) is -0.246. The van der Waals surface area contributed by atoms with Crippen molar-refractivity contribution in [3.63, 3.8) is 0 Å². The highest BCUT2D eigenvalue weighted by molar-refractivity contribution is 9.10. The predicted octanol–water partition coefficient (Wildman–Crippen LogP) is 3.06. The van der Waals surface area contributed by atoms with Gasteiger partial charge in [0.05, 0.1) is 6.04 Å². The SMILES string of the molecule is CC(NC(=O)NC(C)(C(=O)O)C1CC1)c1cccc(Br)c1. The van der Waals surface area contributed by atoms with E-state index in [4.69, 9.17) is 0 Å². The monoisotopic (exact) mass is 354 g/mol. The van der Waals surface area contributed by atoms with Gasteiger partial charge >= 0.3 is 12.0 Å². The van der Waals surface area contributed by atoms with Gasteiger partial charge in [-0.25, -0.2) is 9.59 Å². The van der Waals surface area contributed by atoms with Crippen LogP contribution >= 0.6 is 15.9 Å². The average molecular weight is 355 g/mol. The Morgan fingerprint density at radius 1 is 1.43 bits per heavy atom. The van der Waals surface area contributed by atoms with E-state index in [0.29, 0.717) is 0 Å². The number of hydrogen-bond donors (Lipinski definition) is 3. The van der Waals surface area contributed by atoms with Crippen LogP contribution in [0.3, 0.4) is 0 Å². The van der Waals surface area contributed by atoms with Crippen molar-refractivity contribution < 1.29 is 14.7 Å². The van der Waals surface area contributed by atoms with E-state index in [9.17, 15) is 14.7 Å². The minimum Gasteiger partial charge on any atom is -0.480 e. The number of carbonyl (C=O) groups is 2. The molecule has 1 aromatic rings. The van der Waals surface area contributed by atoms with Gasteiger partial charge in [0.15, 0.2) is 0 Å². The van der Waals surface area contributed by atoms with E-state index in [2.05, 4.69) is 26.6 Å². The van der Waals surface area contributed by atoms with Gasteiger partial charge in [-0.05, 0) is 50.3 Å². The average Bonchev–Trinajstić information content (AvgIpc) is 3.22. The summed E-state index contributed by atoms with van der Waals surface area (Å²) in [6.07, 6.45) is 1.68. The van der Waals surface area contributed by atoms with Gasteiger partial charge in [0.2, 0.25) is 0 Å². The lowest BCUT2D eigenvalue weighted by molar-refractivity contribution is -0.144. The van der Waals surface area contributed by atoms with Crippen molar-refractivity contribution in [1.29, 1.82) is 0 Å². The van der Waals surface area contributed by atoms with Crippen LogP contribution in [-0.4, -0.2) is 22.6 Å². The molecule has 0 saturated heterocycles. The van der Waals surface area contributed by atoms with E-state index < -0.39 is 17.5 Å². The summed E-state index contributed by atoms with van der Waals surface area (Å²) in [6, 6.07) is 6.96. The van der Waals surface area contributed by atoms with Crippen LogP contribution in [0.25, 0.3) is 0 Å². The predicted molar refractivity (Wildman–Crippen MR) is 83.0 cm³/mol. The lowest BCUT2D eigenvalue weighted by Crippen LogP contribution is -2.56. The van der Waals surface area contributed by atoms with Gasteiger partial charge in [-0.2, -0.15) is 0 Å². The van der Waals surface area contributed by atoms with Crippen molar-refractivity contribution in [1.82, 2.24) is 10.6 Å². The van der Waals surface area contributed by atoms with Gasteiger partial charge in [-0.15, -0.1) is 0 Å². The standard InChI is InChI=1S/C15H19BrN2O3/c1-9(10-4-3-5-12(16)8-10)17-14(21)18-15(2,13(19)20)11-6-7-11/h3-5,8-9,11H,6-7H2,1-2H3,(H,19,20)(H2,17,18,21). The molecule has 0 aliphatic heterocycles. The van der Waals surface area contributed by atoms with Crippen molar-refractivity contribution in [2.75, 3.05) is 0 Å². The Morgan fingerprint density at radius 3 is 2.62 bits per heavy atom. The molecule has 0 heterocycles. The maximum absolute atomic E-state index is 12.1. The Balaban J connectivity index is 1.99. The topological polar surface area (TPSA) is 78.4 Å². The first-order valence-corrected chi connectivity index (χ1v) is 7.70. The first-order chi connectivity index (χ1) is 9.83.